The summed E-state index contributed by atoms with van der Waals surface area (Å²) in [5.41, 5.74) is 0.141. The fraction of sp³-hybridized carbons (Fsp3) is 0.0833. The molecular weight excluding hydrogens is 362 g/mol. The van der Waals surface area contributed by atoms with Crippen LogP contribution in [0.1, 0.15) is 5.56 Å². The number of anilines is 1. The Morgan fingerprint density at radius 1 is 1.33 bits per heavy atom. The van der Waals surface area contributed by atoms with Gasteiger partial charge in [-0.1, -0.05) is 6.07 Å². The van der Waals surface area contributed by atoms with E-state index in [1.165, 1.54) is 43.6 Å². The normalized spacial score (nSPS) is 11.1. The summed E-state index contributed by atoms with van der Waals surface area (Å²) >= 11 is 3.18. The van der Waals surface area contributed by atoms with Crippen LogP contribution >= 0.6 is 15.9 Å². The zero-order valence-corrected chi connectivity index (χ0v) is 13.2. The molecule has 0 aliphatic heterocycles. The van der Waals surface area contributed by atoms with Gasteiger partial charge in [0.05, 0.1) is 20.0 Å². The van der Waals surface area contributed by atoms with E-state index in [1.807, 2.05) is 0 Å². The number of sulfonamides is 1. The van der Waals surface area contributed by atoms with Crippen LogP contribution in [-0.2, 0) is 10.0 Å². The molecule has 2 rings (SSSR count). The van der Waals surface area contributed by atoms with E-state index in [0.29, 0.717) is 10.2 Å². The molecule has 0 fully saturated rings. The largest absolute Gasteiger partial charge is 0.278 e. The van der Waals surface area contributed by atoms with Gasteiger partial charge in [-0.05, 0) is 35.0 Å². The van der Waals surface area contributed by atoms with Crippen molar-refractivity contribution in [2.24, 2.45) is 0 Å². The molecule has 2 aromatic rings. The minimum Gasteiger partial charge on any atom is -0.278 e. The fourth-order valence-corrected chi connectivity index (χ4v) is 3.57. The lowest BCUT2D eigenvalue weighted by Crippen LogP contribution is -2.15. The molecule has 1 aromatic heterocycles. The number of hydrogen-bond acceptors (Lipinski definition) is 5. The SMILES string of the molecule is Cc1c([N+](=O)[O-])cccc1S(=O)(=O)Nc1ccncc1Br. The quantitative estimate of drug-likeness (QED) is 0.657. The van der Waals surface area contributed by atoms with Crippen LogP contribution in [-0.4, -0.2) is 18.3 Å². The van der Waals surface area contributed by atoms with Crippen molar-refractivity contribution in [2.75, 3.05) is 4.72 Å². The first-order chi connectivity index (χ1) is 9.83. The minimum absolute atomic E-state index is 0.0835. The average molecular weight is 372 g/mol. The number of hydrogen-bond donors (Lipinski definition) is 1. The molecule has 9 heteroatoms. The van der Waals surface area contributed by atoms with Crippen molar-refractivity contribution in [3.8, 4) is 0 Å². The van der Waals surface area contributed by atoms with Crippen molar-refractivity contribution in [1.29, 1.82) is 0 Å². The maximum Gasteiger partial charge on any atom is 0.273 e. The van der Waals surface area contributed by atoms with Crippen LogP contribution in [0.2, 0.25) is 0 Å². The number of nitro benzene ring substituents is 1. The average Bonchev–Trinajstić information content (AvgIpc) is 2.41. The number of rotatable bonds is 4. The molecule has 0 radical (unpaired) electrons. The molecule has 0 atom stereocenters. The van der Waals surface area contributed by atoms with E-state index in [2.05, 4.69) is 25.6 Å². The Kier molecular flexibility index (Phi) is 4.24. The van der Waals surface area contributed by atoms with Crippen LogP contribution in [0.3, 0.4) is 0 Å². The summed E-state index contributed by atoms with van der Waals surface area (Å²) in [6, 6.07) is 5.39. The molecule has 0 saturated heterocycles. The van der Waals surface area contributed by atoms with Gasteiger partial charge in [0.25, 0.3) is 15.7 Å². The highest BCUT2D eigenvalue weighted by atomic mass is 79.9. The zero-order chi connectivity index (χ0) is 15.6. The van der Waals surface area contributed by atoms with E-state index < -0.39 is 14.9 Å². The third kappa shape index (κ3) is 3.19. The Morgan fingerprint density at radius 3 is 2.67 bits per heavy atom. The predicted molar refractivity (Wildman–Crippen MR) is 80.6 cm³/mol. The molecule has 0 bridgehead atoms. The summed E-state index contributed by atoms with van der Waals surface area (Å²) in [7, 11) is -3.93. The number of pyridine rings is 1. The van der Waals surface area contributed by atoms with E-state index in [-0.39, 0.29) is 16.1 Å². The van der Waals surface area contributed by atoms with E-state index >= 15 is 0 Å². The number of aromatic nitrogens is 1. The number of halogens is 1. The van der Waals surface area contributed by atoms with E-state index in [0.717, 1.165) is 0 Å². The Hall–Kier alpha value is -2.00. The van der Waals surface area contributed by atoms with Gasteiger partial charge in [-0.2, -0.15) is 0 Å². The fourth-order valence-electron chi connectivity index (χ4n) is 1.75. The summed E-state index contributed by atoms with van der Waals surface area (Å²) in [5, 5.41) is 10.9. The lowest BCUT2D eigenvalue weighted by molar-refractivity contribution is -0.385. The first-order valence-corrected chi connectivity index (χ1v) is 7.97. The predicted octanol–water partition coefficient (Wildman–Crippen LogP) is 2.86. The minimum atomic E-state index is -3.93. The Morgan fingerprint density at radius 2 is 2.05 bits per heavy atom. The smallest absolute Gasteiger partial charge is 0.273 e. The number of nitrogens with zero attached hydrogens (tertiary/aromatic N) is 2. The van der Waals surface area contributed by atoms with Crippen molar-refractivity contribution in [1.82, 2.24) is 4.98 Å². The topological polar surface area (TPSA) is 102 Å². The highest BCUT2D eigenvalue weighted by Crippen LogP contribution is 2.28. The summed E-state index contributed by atoms with van der Waals surface area (Å²) in [6.45, 7) is 1.40. The van der Waals surface area contributed by atoms with Gasteiger partial charge in [0.2, 0.25) is 0 Å². The monoisotopic (exact) mass is 371 g/mol. The van der Waals surface area contributed by atoms with E-state index in [4.69, 9.17) is 0 Å². The number of nitro groups is 1. The highest BCUT2D eigenvalue weighted by molar-refractivity contribution is 9.10. The van der Waals surface area contributed by atoms with E-state index in [9.17, 15) is 18.5 Å². The maximum atomic E-state index is 12.4. The third-order valence-corrected chi connectivity index (χ3v) is 4.90. The Balaban J connectivity index is 2.48. The summed E-state index contributed by atoms with van der Waals surface area (Å²) in [6.07, 6.45) is 2.88. The number of benzene rings is 1. The van der Waals surface area contributed by atoms with Crippen LogP contribution in [0.4, 0.5) is 11.4 Å². The van der Waals surface area contributed by atoms with Crippen molar-refractivity contribution in [3.63, 3.8) is 0 Å². The molecule has 0 amide bonds. The second kappa shape index (κ2) is 5.78. The second-order valence-electron chi connectivity index (χ2n) is 4.12. The molecule has 0 aliphatic rings. The van der Waals surface area contributed by atoms with Gasteiger partial charge in [0.1, 0.15) is 0 Å². The third-order valence-electron chi connectivity index (χ3n) is 2.76. The lowest BCUT2D eigenvalue weighted by Gasteiger charge is -2.11. The van der Waals surface area contributed by atoms with Crippen LogP contribution in [0.15, 0.2) is 46.0 Å². The molecule has 0 unspecified atom stereocenters. The van der Waals surface area contributed by atoms with E-state index in [1.54, 1.807) is 0 Å². The second-order valence-corrected chi connectivity index (χ2v) is 6.62. The lowest BCUT2D eigenvalue weighted by atomic mass is 10.2. The van der Waals surface area contributed by atoms with Gasteiger partial charge >= 0.3 is 0 Å². The molecule has 0 aliphatic carbocycles. The summed E-state index contributed by atoms with van der Waals surface area (Å²) in [5.74, 6) is 0. The molecule has 0 saturated carbocycles. The van der Waals surface area contributed by atoms with Crippen molar-refractivity contribution >= 4 is 37.3 Å². The Labute approximate surface area is 129 Å². The molecular formula is C12H10BrN3O4S. The molecule has 0 spiro atoms. The van der Waals surface area contributed by atoms with Crippen molar-refractivity contribution in [2.45, 2.75) is 11.8 Å². The molecule has 1 heterocycles. The molecule has 1 N–H and O–H groups in total. The highest BCUT2D eigenvalue weighted by Gasteiger charge is 2.23. The molecule has 1 aromatic carbocycles. The van der Waals surface area contributed by atoms with Crippen molar-refractivity contribution < 1.29 is 13.3 Å². The van der Waals surface area contributed by atoms with Gasteiger partial charge < -0.3 is 0 Å². The Bertz CT molecular complexity index is 808. The summed E-state index contributed by atoms with van der Waals surface area (Å²) < 4.78 is 27.6. The van der Waals surface area contributed by atoms with Crippen LogP contribution in [0.5, 0.6) is 0 Å². The van der Waals surface area contributed by atoms with Crippen LogP contribution < -0.4 is 4.72 Å². The first kappa shape index (κ1) is 15.4. The molecule has 7 nitrogen and oxygen atoms in total. The van der Waals surface area contributed by atoms with Gasteiger partial charge in [-0.25, -0.2) is 8.42 Å². The number of nitrogens with one attached hydrogen (secondary N) is 1. The van der Waals surface area contributed by atoms with Gasteiger partial charge in [-0.15, -0.1) is 0 Å². The standard InChI is InChI=1S/C12H10BrN3O4S/c1-8-11(16(17)18)3-2-4-12(8)21(19,20)15-10-5-6-14-7-9(10)13/h2-7H,1H3,(H,14,15). The zero-order valence-electron chi connectivity index (χ0n) is 10.8. The van der Waals surface area contributed by atoms with Gasteiger partial charge in [0, 0.05) is 24.0 Å². The summed E-state index contributed by atoms with van der Waals surface area (Å²) in [4.78, 5) is 14.0. The first-order valence-electron chi connectivity index (χ1n) is 5.69. The molecule has 110 valence electrons. The van der Waals surface area contributed by atoms with Crippen LogP contribution in [0, 0.1) is 17.0 Å². The van der Waals surface area contributed by atoms with Gasteiger partial charge in [-0.3, -0.25) is 19.8 Å². The van der Waals surface area contributed by atoms with Crippen LogP contribution in [0.25, 0.3) is 0 Å². The maximum absolute atomic E-state index is 12.4. The van der Waals surface area contributed by atoms with Crippen molar-refractivity contribution in [3.05, 3.63) is 56.8 Å². The van der Waals surface area contributed by atoms with Gasteiger partial charge in [0.15, 0.2) is 0 Å². The molecule has 21 heavy (non-hydrogen) atoms.